The minimum absolute atomic E-state index is 0.0295. The van der Waals surface area contributed by atoms with Crippen LogP contribution in [0.3, 0.4) is 0 Å². The molecule has 0 spiro atoms. The molecule has 0 saturated heterocycles. The number of hydrogen-bond acceptors (Lipinski definition) is 6. The molecule has 2 aromatic carbocycles. The first-order chi connectivity index (χ1) is 13.6. The fraction of sp³-hybridized carbons (Fsp3) is 0.333. The summed E-state index contributed by atoms with van der Waals surface area (Å²) in [4.78, 5) is 25.8. The van der Waals surface area contributed by atoms with Gasteiger partial charge in [-0.1, -0.05) is 24.3 Å². The van der Waals surface area contributed by atoms with Gasteiger partial charge < -0.3 is 19.5 Å². The van der Waals surface area contributed by atoms with E-state index in [1.165, 1.54) is 0 Å². The molecule has 1 amide bonds. The summed E-state index contributed by atoms with van der Waals surface area (Å²) >= 11 is 0. The number of carbonyl (C=O) groups excluding carboxylic acids is 2. The lowest BCUT2D eigenvalue weighted by atomic mass is 10.3. The summed E-state index contributed by atoms with van der Waals surface area (Å²) in [5, 5.41) is 2.83. The molecule has 0 aromatic heterocycles. The van der Waals surface area contributed by atoms with Crippen molar-refractivity contribution in [2.24, 2.45) is 0 Å². The van der Waals surface area contributed by atoms with E-state index in [4.69, 9.17) is 14.2 Å². The molecule has 0 atom stereocenters. The molecule has 28 heavy (non-hydrogen) atoms. The maximum Gasteiger partial charge on any atom is 0.320 e. The zero-order valence-electron chi connectivity index (χ0n) is 16.2. The zero-order chi connectivity index (χ0) is 20.2. The number of amides is 1. The van der Waals surface area contributed by atoms with Gasteiger partial charge in [-0.2, -0.15) is 0 Å². The first-order valence-corrected chi connectivity index (χ1v) is 9.10. The number of para-hydroxylation sites is 1. The number of anilines is 1. The molecule has 7 heteroatoms. The molecule has 0 unspecified atom stereocenters. The minimum atomic E-state index is -0.371. The highest BCUT2D eigenvalue weighted by atomic mass is 16.5. The quantitative estimate of drug-likeness (QED) is 0.599. The highest BCUT2D eigenvalue weighted by Crippen LogP contribution is 2.23. The standard InChI is InChI=1S/C21H26N2O5/c1-3-27-21(25)16-23(12-13-26-2)15-20(24)22-17-8-7-11-19(14-17)28-18-9-5-4-6-10-18/h4-11,14H,3,12-13,15-16H2,1-2H3,(H,22,24). The Hall–Kier alpha value is -2.90. The van der Waals surface area contributed by atoms with Gasteiger partial charge in [0.05, 0.1) is 26.3 Å². The third-order valence-electron chi connectivity index (χ3n) is 3.73. The number of carbonyl (C=O) groups is 2. The van der Waals surface area contributed by atoms with Crippen molar-refractivity contribution in [2.45, 2.75) is 6.92 Å². The first-order valence-electron chi connectivity index (χ1n) is 9.10. The predicted octanol–water partition coefficient (Wildman–Crippen LogP) is 2.93. The molecule has 0 saturated carbocycles. The van der Waals surface area contributed by atoms with Gasteiger partial charge in [0.2, 0.25) is 5.91 Å². The van der Waals surface area contributed by atoms with E-state index < -0.39 is 0 Å². The van der Waals surface area contributed by atoms with Crippen LogP contribution >= 0.6 is 0 Å². The Labute approximate surface area is 165 Å². The second-order valence-corrected chi connectivity index (χ2v) is 6.00. The molecule has 0 aliphatic rings. The van der Waals surface area contributed by atoms with Gasteiger partial charge in [0.1, 0.15) is 11.5 Å². The molecule has 0 aliphatic heterocycles. The van der Waals surface area contributed by atoms with E-state index in [1.54, 1.807) is 37.1 Å². The summed E-state index contributed by atoms with van der Waals surface area (Å²) in [6.45, 7) is 2.98. The largest absolute Gasteiger partial charge is 0.465 e. The molecule has 0 aliphatic carbocycles. The lowest BCUT2D eigenvalue weighted by Crippen LogP contribution is -2.39. The van der Waals surface area contributed by atoms with Crippen molar-refractivity contribution in [2.75, 3.05) is 45.3 Å². The molecule has 0 bridgehead atoms. The Morgan fingerprint density at radius 3 is 2.46 bits per heavy atom. The average Bonchev–Trinajstić information content (AvgIpc) is 2.67. The molecule has 2 rings (SSSR count). The second-order valence-electron chi connectivity index (χ2n) is 6.00. The van der Waals surface area contributed by atoms with Gasteiger partial charge in [-0.25, -0.2) is 0 Å². The van der Waals surface area contributed by atoms with E-state index in [-0.39, 0.29) is 25.0 Å². The van der Waals surface area contributed by atoms with Crippen LogP contribution in [0.5, 0.6) is 11.5 Å². The number of hydrogen-bond donors (Lipinski definition) is 1. The van der Waals surface area contributed by atoms with Crippen LogP contribution in [0.1, 0.15) is 6.92 Å². The number of methoxy groups -OCH3 is 1. The molecule has 0 radical (unpaired) electrons. The fourth-order valence-electron chi connectivity index (χ4n) is 2.49. The summed E-state index contributed by atoms with van der Waals surface area (Å²) in [7, 11) is 1.57. The fourth-order valence-corrected chi connectivity index (χ4v) is 2.49. The van der Waals surface area contributed by atoms with Crippen LogP contribution in [0.2, 0.25) is 0 Å². The molecule has 0 heterocycles. The molecular weight excluding hydrogens is 360 g/mol. The van der Waals surface area contributed by atoms with Gasteiger partial charge in [0.25, 0.3) is 0 Å². The predicted molar refractivity (Wildman–Crippen MR) is 107 cm³/mol. The summed E-state index contributed by atoms with van der Waals surface area (Å²) in [6, 6.07) is 16.5. The highest BCUT2D eigenvalue weighted by molar-refractivity contribution is 5.92. The zero-order valence-corrected chi connectivity index (χ0v) is 16.2. The molecule has 0 fully saturated rings. The van der Waals surface area contributed by atoms with Crippen molar-refractivity contribution in [3.05, 3.63) is 54.6 Å². The van der Waals surface area contributed by atoms with Gasteiger partial charge in [0, 0.05) is 25.4 Å². The maximum absolute atomic E-state index is 12.4. The van der Waals surface area contributed by atoms with Crippen molar-refractivity contribution >= 4 is 17.6 Å². The van der Waals surface area contributed by atoms with Gasteiger partial charge in [-0.05, 0) is 31.2 Å². The normalized spacial score (nSPS) is 10.5. The minimum Gasteiger partial charge on any atom is -0.465 e. The Bertz CT molecular complexity index is 751. The number of esters is 1. The van der Waals surface area contributed by atoms with Crippen LogP contribution < -0.4 is 10.1 Å². The van der Waals surface area contributed by atoms with Crippen molar-refractivity contribution < 1.29 is 23.8 Å². The summed E-state index contributed by atoms with van der Waals surface area (Å²) in [5.74, 6) is 0.722. The Morgan fingerprint density at radius 1 is 1.00 bits per heavy atom. The molecular formula is C21H26N2O5. The van der Waals surface area contributed by atoms with E-state index in [0.29, 0.717) is 36.9 Å². The SMILES string of the molecule is CCOC(=O)CN(CCOC)CC(=O)Nc1cccc(Oc2ccccc2)c1. The van der Waals surface area contributed by atoms with Crippen molar-refractivity contribution in [3.63, 3.8) is 0 Å². The van der Waals surface area contributed by atoms with Crippen LogP contribution in [0.4, 0.5) is 5.69 Å². The Balaban J connectivity index is 1.94. The van der Waals surface area contributed by atoms with Crippen molar-refractivity contribution in [1.29, 1.82) is 0 Å². The lowest BCUT2D eigenvalue weighted by molar-refractivity contribution is -0.144. The Kier molecular flexibility index (Phi) is 8.97. The topological polar surface area (TPSA) is 77.1 Å². The third kappa shape index (κ3) is 7.77. The maximum atomic E-state index is 12.4. The number of nitrogens with zero attached hydrogens (tertiary/aromatic N) is 1. The highest BCUT2D eigenvalue weighted by Gasteiger charge is 2.15. The van der Waals surface area contributed by atoms with Crippen LogP contribution in [0.25, 0.3) is 0 Å². The van der Waals surface area contributed by atoms with E-state index in [9.17, 15) is 9.59 Å². The van der Waals surface area contributed by atoms with E-state index in [1.807, 2.05) is 36.4 Å². The number of ether oxygens (including phenoxy) is 3. The number of rotatable bonds is 11. The van der Waals surface area contributed by atoms with Crippen LogP contribution in [0.15, 0.2) is 54.6 Å². The van der Waals surface area contributed by atoms with Gasteiger partial charge in [-0.3, -0.25) is 14.5 Å². The smallest absolute Gasteiger partial charge is 0.320 e. The van der Waals surface area contributed by atoms with E-state index in [0.717, 1.165) is 0 Å². The number of benzene rings is 2. The number of nitrogens with one attached hydrogen (secondary N) is 1. The Morgan fingerprint density at radius 2 is 1.75 bits per heavy atom. The average molecular weight is 386 g/mol. The first kappa shape index (κ1) is 21.4. The molecule has 150 valence electrons. The summed E-state index contributed by atoms with van der Waals surface area (Å²) in [6.07, 6.45) is 0. The van der Waals surface area contributed by atoms with E-state index >= 15 is 0 Å². The van der Waals surface area contributed by atoms with Crippen LogP contribution in [-0.4, -0.2) is 56.7 Å². The summed E-state index contributed by atoms with van der Waals surface area (Å²) < 4.78 is 15.8. The lowest BCUT2D eigenvalue weighted by Gasteiger charge is -2.20. The summed E-state index contributed by atoms with van der Waals surface area (Å²) in [5.41, 5.74) is 0.612. The van der Waals surface area contributed by atoms with Gasteiger partial charge in [-0.15, -0.1) is 0 Å². The third-order valence-corrected chi connectivity index (χ3v) is 3.73. The molecule has 2 aromatic rings. The van der Waals surface area contributed by atoms with Crippen LogP contribution in [0, 0.1) is 0 Å². The second kappa shape index (κ2) is 11.7. The molecule has 7 nitrogen and oxygen atoms in total. The van der Waals surface area contributed by atoms with Crippen molar-refractivity contribution in [3.8, 4) is 11.5 Å². The van der Waals surface area contributed by atoms with Gasteiger partial charge in [0.15, 0.2) is 0 Å². The van der Waals surface area contributed by atoms with E-state index in [2.05, 4.69) is 5.32 Å². The molecule has 1 N–H and O–H groups in total. The van der Waals surface area contributed by atoms with Crippen LogP contribution in [-0.2, 0) is 19.1 Å². The van der Waals surface area contributed by atoms with Gasteiger partial charge >= 0.3 is 5.97 Å². The monoisotopic (exact) mass is 386 g/mol. The van der Waals surface area contributed by atoms with Crippen molar-refractivity contribution in [1.82, 2.24) is 4.90 Å².